The zero-order valence-corrected chi connectivity index (χ0v) is 13.0. The zero-order chi connectivity index (χ0) is 14.0. The van der Waals surface area contributed by atoms with Crippen LogP contribution in [0.4, 0.5) is 0 Å². The van der Waals surface area contributed by atoms with Crippen LogP contribution >= 0.6 is 0 Å². The molecule has 3 saturated carbocycles. The van der Waals surface area contributed by atoms with Crippen molar-refractivity contribution in [1.82, 2.24) is 0 Å². The second-order valence-electron chi connectivity index (χ2n) is 8.11. The topological polar surface area (TPSA) is 26.3 Å². The Morgan fingerprint density at radius 3 is 2.47 bits per heavy atom. The lowest BCUT2D eigenvalue weighted by Crippen LogP contribution is -2.41. The Morgan fingerprint density at radius 2 is 1.84 bits per heavy atom. The van der Waals surface area contributed by atoms with Gasteiger partial charge < -0.3 is 4.74 Å². The zero-order valence-electron chi connectivity index (χ0n) is 13.0. The molecule has 0 radical (unpaired) electrons. The molecule has 3 rings (SSSR count). The fourth-order valence-electron chi connectivity index (χ4n) is 6.19. The highest BCUT2D eigenvalue weighted by Crippen LogP contribution is 2.72. The molecule has 19 heavy (non-hydrogen) atoms. The molecule has 6 atom stereocenters. The third kappa shape index (κ3) is 1.64. The predicted molar refractivity (Wildman–Crippen MR) is 75.5 cm³/mol. The van der Waals surface area contributed by atoms with Crippen molar-refractivity contribution in [2.45, 2.75) is 66.4 Å². The number of hydrogen-bond donors (Lipinski definition) is 0. The van der Waals surface area contributed by atoms with E-state index in [1.807, 2.05) is 0 Å². The Morgan fingerprint density at radius 1 is 1.16 bits per heavy atom. The Balaban J connectivity index is 1.97. The van der Waals surface area contributed by atoms with Gasteiger partial charge in [0.1, 0.15) is 6.10 Å². The number of esters is 1. The van der Waals surface area contributed by atoms with Crippen LogP contribution in [-0.2, 0) is 9.53 Å². The summed E-state index contributed by atoms with van der Waals surface area (Å²) >= 11 is 0. The van der Waals surface area contributed by atoms with E-state index in [1.165, 1.54) is 19.3 Å². The summed E-state index contributed by atoms with van der Waals surface area (Å²) < 4.78 is 5.69. The lowest BCUT2D eigenvalue weighted by Gasteiger charge is -2.43. The number of hydrogen-bond acceptors (Lipinski definition) is 2. The smallest absolute Gasteiger partial charge is 0.302 e. The van der Waals surface area contributed by atoms with Crippen molar-refractivity contribution in [2.24, 2.45) is 34.5 Å². The third-order valence-corrected chi connectivity index (χ3v) is 7.14. The first-order valence-corrected chi connectivity index (χ1v) is 7.96. The molecular weight excluding hydrogens is 236 g/mol. The van der Waals surface area contributed by atoms with E-state index in [-0.39, 0.29) is 12.1 Å². The molecule has 2 heteroatoms. The first-order valence-electron chi connectivity index (χ1n) is 7.96. The van der Waals surface area contributed by atoms with Gasteiger partial charge in [0.15, 0.2) is 0 Å². The van der Waals surface area contributed by atoms with Gasteiger partial charge >= 0.3 is 5.97 Å². The fourth-order valence-corrected chi connectivity index (χ4v) is 6.19. The van der Waals surface area contributed by atoms with E-state index in [0.717, 1.165) is 24.2 Å². The van der Waals surface area contributed by atoms with Crippen molar-refractivity contribution in [3.8, 4) is 0 Å². The van der Waals surface area contributed by atoms with Gasteiger partial charge in [-0.3, -0.25) is 4.79 Å². The van der Waals surface area contributed by atoms with Gasteiger partial charge in [-0.15, -0.1) is 0 Å². The van der Waals surface area contributed by atoms with Gasteiger partial charge in [0, 0.05) is 6.92 Å². The third-order valence-electron chi connectivity index (χ3n) is 7.14. The summed E-state index contributed by atoms with van der Waals surface area (Å²) in [6, 6.07) is 0. The maximum absolute atomic E-state index is 11.4. The first-order chi connectivity index (χ1) is 8.79. The minimum absolute atomic E-state index is 0.102. The molecule has 0 N–H and O–H groups in total. The molecule has 0 aromatic carbocycles. The van der Waals surface area contributed by atoms with Gasteiger partial charge in [-0.05, 0) is 60.2 Å². The van der Waals surface area contributed by atoms with Crippen LogP contribution in [0.25, 0.3) is 0 Å². The van der Waals surface area contributed by atoms with Crippen molar-refractivity contribution < 1.29 is 9.53 Å². The molecule has 0 heterocycles. The van der Waals surface area contributed by atoms with E-state index in [9.17, 15) is 4.79 Å². The maximum Gasteiger partial charge on any atom is 0.302 e. The average molecular weight is 264 g/mol. The van der Waals surface area contributed by atoms with E-state index in [2.05, 4.69) is 27.7 Å². The Bertz CT molecular complexity index is 400. The van der Waals surface area contributed by atoms with Gasteiger partial charge in [-0.25, -0.2) is 0 Å². The van der Waals surface area contributed by atoms with E-state index >= 15 is 0 Å². The maximum atomic E-state index is 11.4. The van der Waals surface area contributed by atoms with Crippen LogP contribution in [0.1, 0.15) is 60.3 Å². The molecule has 3 aliphatic rings. The van der Waals surface area contributed by atoms with Crippen molar-refractivity contribution in [3.05, 3.63) is 0 Å². The molecular formula is C17H28O2. The minimum Gasteiger partial charge on any atom is -0.462 e. The molecule has 2 nitrogen and oxygen atoms in total. The Hall–Kier alpha value is -0.530. The Kier molecular flexibility index (Phi) is 2.82. The van der Waals surface area contributed by atoms with Gasteiger partial charge in [0.2, 0.25) is 0 Å². The summed E-state index contributed by atoms with van der Waals surface area (Å²) in [6.07, 6.45) is 5.37. The summed E-state index contributed by atoms with van der Waals surface area (Å²) in [4.78, 5) is 11.4. The molecule has 0 aromatic rings. The highest BCUT2D eigenvalue weighted by Gasteiger charge is 2.67. The van der Waals surface area contributed by atoms with Crippen LogP contribution in [0, 0.1) is 34.5 Å². The average Bonchev–Trinajstić information content (AvgIpc) is 2.70. The predicted octanol–water partition coefficient (Wildman–Crippen LogP) is 4.04. The second kappa shape index (κ2) is 3.99. The number of fused-ring (bicyclic) bond motifs is 1. The summed E-state index contributed by atoms with van der Waals surface area (Å²) in [7, 11) is 0. The monoisotopic (exact) mass is 264 g/mol. The van der Waals surface area contributed by atoms with E-state index < -0.39 is 0 Å². The Labute approximate surface area is 117 Å². The van der Waals surface area contributed by atoms with Crippen LogP contribution in [0.2, 0.25) is 0 Å². The van der Waals surface area contributed by atoms with Crippen LogP contribution < -0.4 is 0 Å². The van der Waals surface area contributed by atoms with Crippen molar-refractivity contribution in [1.29, 1.82) is 0 Å². The summed E-state index contributed by atoms with van der Waals surface area (Å²) in [5.74, 6) is 2.77. The van der Waals surface area contributed by atoms with Crippen molar-refractivity contribution in [3.63, 3.8) is 0 Å². The summed E-state index contributed by atoms with van der Waals surface area (Å²) in [6.45, 7) is 11.2. The van der Waals surface area contributed by atoms with Crippen LogP contribution in [0.5, 0.6) is 0 Å². The van der Waals surface area contributed by atoms with E-state index in [1.54, 1.807) is 6.92 Å². The quantitative estimate of drug-likeness (QED) is 0.668. The largest absolute Gasteiger partial charge is 0.462 e. The molecule has 0 aliphatic heterocycles. The fraction of sp³-hybridized carbons (Fsp3) is 0.941. The molecule has 3 aliphatic carbocycles. The van der Waals surface area contributed by atoms with Crippen LogP contribution in [0.15, 0.2) is 0 Å². The highest BCUT2D eigenvalue weighted by molar-refractivity contribution is 5.66. The SMILES string of the molecule is CC(=O)O[C@@H]1C[C@@]23C[C@@H]([C@H]1C)C(C)(C)[C@@H]2CC[C@H]3C. The molecule has 0 amide bonds. The first kappa shape index (κ1) is 13.5. The van der Waals surface area contributed by atoms with Crippen molar-refractivity contribution in [2.75, 3.05) is 0 Å². The van der Waals surface area contributed by atoms with Gasteiger partial charge in [0.25, 0.3) is 0 Å². The summed E-state index contributed by atoms with van der Waals surface area (Å²) in [5, 5.41) is 0. The number of carbonyl (C=O) groups is 1. The second-order valence-corrected chi connectivity index (χ2v) is 8.11. The highest BCUT2D eigenvalue weighted by atomic mass is 16.5. The lowest BCUT2D eigenvalue weighted by molar-refractivity contribution is -0.155. The normalized spacial score (nSPS) is 50.9. The standard InChI is InChI=1S/C17H28O2/c1-10-6-7-15-16(4,5)13-8-17(10,15)9-14(11(13)2)19-12(3)18/h10-11,13-15H,6-9H2,1-5H3/t10-,11-,13+,14-,15+,17-/m1/s1. The molecule has 2 bridgehead atoms. The lowest BCUT2D eigenvalue weighted by atomic mass is 9.64. The van der Waals surface area contributed by atoms with Gasteiger partial charge in [0.05, 0.1) is 0 Å². The molecule has 3 fully saturated rings. The van der Waals surface area contributed by atoms with Crippen LogP contribution in [0.3, 0.4) is 0 Å². The molecule has 0 aromatic heterocycles. The number of rotatable bonds is 1. The van der Waals surface area contributed by atoms with Crippen molar-refractivity contribution >= 4 is 5.97 Å². The molecule has 1 spiro atoms. The van der Waals surface area contributed by atoms with Gasteiger partial charge in [-0.2, -0.15) is 0 Å². The summed E-state index contributed by atoms with van der Waals surface area (Å²) in [5.41, 5.74) is 0.875. The van der Waals surface area contributed by atoms with E-state index in [0.29, 0.717) is 16.7 Å². The molecule has 0 saturated heterocycles. The van der Waals surface area contributed by atoms with Crippen LogP contribution in [-0.4, -0.2) is 12.1 Å². The number of carbonyl (C=O) groups excluding carboxylic acids is 1. The number of ether oxygens (including phenoxy) is 1. The van der Waals surface area contributed by atoms with Gasteiger partial charge in [-0.1, -0.05) is 27.7 Å². The van der Waals surface area contributed by atoms with E-state index in [4.69, 9.17) is 4.74 Å². The minimum atomic E-state index is -0.102. The molecule has 108 valence electrons. The molecule has 0 unspecified atom stereocenters.